The van der Waals surface area contributed by atoms with Gasteiger partial charge in [-0.25, -0.2) is 0 Å². The topological polar surface area (TPSA) is 58.4 Å². The van der Waals surface area contributed by atoms with Gasteiger partial charge in [-0.15, -0.1) is 24.8 Å². The SMILES string of the molecule is CC(c1ccccc1)N1CCC(NC(=O)C2(N)CCCC2)CC1.Cl.Cl. The van der Waals surface area contributed by atoms with Crippen LogP contribution in [0.1, 0.15) is 57.1 Å². The van der Waals surface area contributed by atoms with Crippen molar-refractivity contribution in [3.05, 3.63) is 35.9 Å². The maximum Gasteiger partial charge on any atom is 0.240 e. The number of nitrogens with zero attached hydrogens (tertiary/aromatic N) is 1. The minimum atomic E-state index is -0.603. The van der Waals surface area contributed by atoms with Gasteiger partial charge in [0.2, 0.25) is 5.91 Å². The van der Waals surface area contributed by atoms with E-state index in [-0.39, 0.29) is 36.8 Å². The first-order chi connectivity index (χ1) is 11.1. The molecule has 1 aliphatic heterocycles. The van der Waals surface area contributed by atoms with Gasteiger partial charge in [0.25, 0.3) is 0 Å². The van der Waals surface area contributed by atoms with Gasteiger partial charge in [0.1, 0.15) is 0 Å². The molecule has 1 amide bonds. The fourth-order valence-electron chi connectivity index (χ4n) is 3.94. The van der Waals surface area contributed by atoms with Crippen LogP contribution in [0.2, 0.25) is 0 Å². The molecule has 0 bridgehead atoms. The summed E-state index contributed by atoms with van der Waals surface area (Å²) in [5.41, 5.74) is 7.01. The summed E-state index contributed by atoms with van der Waals surface area (Å²) in [4.78, 5) is 14.9. The molecule has 6 heteroatoms. The monoisotopic (exact) mass is 387 g/mol. The standard InChI is InChI=1S/C19H29N3O.2ClH/c1-15(16-7-3-2-4-8-16)22-13-9-17(10-14-22)21-18(23)19(20)11-5-6-12-19;;/h2-4,7-8,15,17H,5-6,9-14,20H2,1H3,(H,21,23);2*1H. The number of nitrogens with two attached hydrogens (primary N) is 1. The molecule has 25 heavy (non-hydrogen) atoms. The minimum absolute atomic E-state index is 0. The van der Waals surface area contributed by atoms with Gasteiger partial charge in [-0.2, -0.15) is 0 Å². The number of piperidine rings is 1. The zero-order valence-corrected chi connectivity index (χ0v) is 16.6. The summed E-state index contributed by atoms with van der Waals surface area (Å²) < 4.78 is 0. The van der Waals surface area contributed by atoms with Gasteiger partial charge in [-0.3, -0.25) is 9.69 Å². The number of rotatable bonds is 4. The third-order valence-corrected chi connectivity index (χ3v) is 5.64. The molecular formula is C19H31Cl2N3O. The van der Waals surface area contributed by atoms with Crippen LogP contribution in [0, 0.1) is 0 Å². The number of hydrogen-bond donors (Lipinski definition) is 2. The van der Waals surface area contributed by atoms with E-state index < -0.39 is 5.54 Å². The summed E-state index contributed by atoms with van der Waals surface area (Å²) in [6.07, 6.45) is 5.86. The van der Waals surface area contributed by atoms with Crippen molar-refractivity contribution in [1.29, 1.82) is 0 Å². The van der Waals surface area contributed by atoms with Crippen LogP contribution in [-0.4, -0.2) is 35.5 Å². The lowest BCUT2D eigenvalue weighted by Gasteiger charge is -2.37. The van der Waals surface area contributed by atoms with Gasteiger partial charge in [0.15, 0.2) is 0 Å². The number of hydrogen-bond acceptors (Lipinski definition) is 3. The van der Waals surface area contributed by atoms with E-state index in [4.69, 9.17) is 5.73 Å². The second kappa shape index (κ2) is 9.77. The van der Waals surface area contributed by atoms with Gasteiger partial charge < -0.3 is 11.1 Å². The molecule has 1 aliphatic carbocycles. The molecule has 1 saturated heterocycles. The van der Waals surface area contributed by atoms with Crippen LogP contribution < -0.4 is 11.1 Å². The van der Waals surface area contributed by atoms with Crippen LogP contribution in [0.25, 0.3) is 0 Å². The van der Waals surface area contributed by atoms with Gasteiger partial charge in [0, 0.05) is 25.2 Å². The molecule has 142 valence electrons. The Balaban J connectivity index is 0.00000156. The summed E-state index contributed by atoms with van der Waals surface area (Å²) >= 11 is 0. The molecule has 2 aliphatic rings. The number of likely N-dealkylation sites (tertiary alicyclic amines) is 1. The summed E-state index contributed by atoms with van der Waals surface area (Å²) in [6, 6.07) is 11.4. The van der Waals surface area contributed by atoms with Gasteiger partial charge >= 0.3 is 0 Å². The highest BCUT2D eigenvalue weighted by Crippen LogP contribution is 2.28. The molecule has 1 atom stereocenters. The first kappa shape index (κ1) is 22.2. The van der Waals surface area contributed by atoms with E-state index in [0.717, 1.165) is 51.6 Å². The zero-order chi connectivity index (χ0) is 16.3. The fraction of sp³-hybridized carbons (Fsp3) is 0.632. The lowest BCUT2D eigenvalue weighted by molar-refractivity contribution is -0.127. The molecule has 2 fully saturated rings. The number of halogens is 2. The molecule has 3 rings (SSSR count). The van der Waals surface area contributed by atoms with Gasteiger partial charge in [0.05, 0.1) is 5.54 Å². The maximum absolute atomic E-state index is 12.4. The maximum atomic E-state index is 12.4. The Morgan fingerprint density at radius 1 is 1.16 bits per heavy atom. The Bertz CT molecular complexity index is 527. The molecule has 1 unspecified atom stereocenters. The predicted molar refractivity (Wildman–Crippen MR) is 107 cm³/mol. The molecule has 4 nitrogen and oxygen atoms in total. The van der Waals surface area contributed by atoms with Crippen molar-refractivity contribution < 1.29 is 4.79 Å². The molecule has 1 aromatic carbocycles. The quantitative estimate of drug-likeness (QED) is 0.831. The molecule has 0 radical (unpaired) electrons. The Labute approximate surface area is 163 Å². The summed E-state index contributed by atoms with van der Waals surface area (Å²) in [5.74, 6) is 0.0737. The molecule has 1 heterocycles. The van der Waals surface area contributed by atoms with Crippen molar-refractivity contribution in [1.82, 2.24) is 10.2 Å². The van der Waals surface area contributed by atoms with Crippen molar-refractivity contribution in [3.8, 4) is 0 Å². The van der Waals surface area contributed by atoms with Crippen LogP contribution in [0.3, 0.4) is 0 Å². The van der Waals surface area contributed by atoms with E-state index in [0.29, 0.717) is 6.04 Å². The molecule has 0 spiro atoms. The number of carbonyl (C=O) groups excluding carboxylic acids is 1. The van der Waals surface area contributed by atoms with Gasteiger partial charge in [-0.05, 0) is 38.2 Å². The van der Waals surface area contributed by atoms with E-state index in [2.05, 4.69) is 47.5 Å². The Morgan fingerprint density at radius 3 is 2.28 bits per heavy atom. The smallest absolute Gasteiger partial charge is 0.240 e. The fourth-order valence-corrected chi connectivity index (χ4v) is 3.94. The first-order valence-electron chi connectivity index (χ1n) is 8.97. The molecule has 0 aromatic heterocycles. The third-order valence-electron chi connectivity index (χ3n) is 5.64. The lowest BCUT2D eigenvalue weighted by atomic mass is 9.95. The Hall–Kier alpha value is -0.810. The van der Waals surface area contributed by atoms with E-state index in [1.54, 1.807) is 0 Å². The summed E-state index contributed by atoms with van der Waals surface area (Å²) in [5, 5.41) is 3.21. The number of nitrogens with one attached hydrogen (secondary N) is 1. The van der Waals surface area contributed by atoms with Crippen molar-refractivity contribution in [2.45, 2.75) is 63.1 Å². The zero-order valence-electron chi connectivity index (χ0n) is 14.9. The summed E-state index contributed by atoms with van der Waals surface area (Å²) in [7, 11) is 0. The highest BCUT2D eigenvalue weighted by atomic mass is 35.5. The first-order valence-corrected chi connectivity index (χ1v) is 8.97. The molecule has 1 aromatic rings. The average molecular weight is 388 g/mol. The van der Waals surface area contributed by atoms with E-state index in [9.17, 15) is 4.79 Å². The van der Waals surface area contributed by atoms with Crippen LogP contribution in [0.5, 0.6) is 0 Å². The molecule has 1 saturated carbocycles. The third kappa shape index (κ3) is 5.33. The second-order valence-electron chi connectivity index (χ2n) is 7.23. The van der Waals surface area contributed by atoms with E-state index in [1.165, 1.54) is 5.56 Å². The van der Waals surface area contributed by atoms with Gasteiger partial charge in [-0.1, -0.05) is 43.2 Å². The second-order valence-corrected chi connectivity index (χ2v) is 7.23. The van der Waals surface area contributed by atoms with E-state index >= 15 is 0 Å². The van der Waals surface area contributed by atoms with Crippen molar-refractivity contribution >= 4 is 30.7 Å². The van der Waals surface area contributed by atoms with Crippen LogP contribution >= 0.6 is 24.8 Å². The average Bonchev–Trinajstić information content (AvgIpc) is 3.04. The minimum Gasteiger partial charge on any atom is -0.352 e. The lowest BCUT2D eigenvalue weighted by Crippen LogP contribution is -2.56. The summed E-state index contributed by atoms with van der Waals surface area (Å²) in [6.45, 7) is 4.32. The van der Waals surface area contributed by atoms with Crippen LogP contribution in [0.15, 0.2) is 30.3 Å². The highest BCUT2D eigenvalue weighted by molar-refractivity contribution is 5.86. The van der Waals surface area contributed by atoms with Crippen LogP contribution in [0.4, 0.5) is 0 Å². The normalized spacial score (nSPS) is 21.7. The Morgan fingerprint density at radius 2 is 1.72 bits per heavy atom. The van der Waals surface area contributed by atoms with Crippen molar-refractivity contribution in [3.63, 3.8) is 0 Å². The number of amides is 1. The largest absolute Gasteiger partial charge is 0.352 e. The van der Waals surface area contributed by atoms with Crippen molar-refractivity contribution in [2.24, 2.45) is 5.73 Å². The Kier molecular flexibility index (Phi) is 8.69. The predicted octanol–water partition coefficient (Wildman–Crippen LogP) is 3.44. The van der Waals surface area contributed by atoms with E-state index in [1.807, 2.05) is 0 Å². The van der Waals surface area contributed by atoms with Crippen LogP contribution in [-0.2, 0) is 4.79 Å². The van der Waals surface area contributed by atoms with Crippen molar-refractivity contribution in [2.75, 3.05) is 13.1 Å². The number of carbonyl (C=O) groups is 1. The number of benzene rings is 1. The highest BCUT2D eigenvalue weighted by Gasteiger charge is 2.38. The molecular weight excluding hydrogens is 357 g/mol. The molecule has 3 N–H and O–H groups in total.